The highest BCUT2D eigenvalue weighted by atomic mass is 16.5. The summed E-state index contributed by atoms with van der Waals surface area (Å²) in [7, 11) is 0. The molecule has 0 saturated heterocycles. The third-order valence-electron chi connectivity index (χ3n) is 1.69. The number of esters is 2. The van der Waals surface area contributed by atoms with Crippen LogP contribution >= 0.6 is 0 Å². The van der Waals surface area contributed by atoms with E-state index in [2.05, 4.69) is 5.32 Å². The summed E-state index contributed by atoms with van der Waals surface area (Å²) >= 11 is 0. The molecule has 0 fully saturated rings. The first kappa shape index (κ1) is 15.9. The predicted octanol–water partition coefficient (Wildman–Crippen LogP) is 0.974. The Morgan fingerprint density at radius 2 is 1.24 bits per heavy atom. The smallest absolute Gasteiger partial charge is 0.319 e. The average molecular weight is 245 g/mol. The molecule has 17 heavy (non-hydrogen) atoms. The van der Waals surface area contributed by atoms with Crippen LogP contribution in [0.4, 0.5) is 0 Å². The maximum Gasteiger partial charge on any atom is 0.319 e. The van der Waals surface area contributed by atoms with E-state index in [-0.39, 0.29) is 25.0 Å². The minimum atomic E-state index is -0.352. The van der Waals surface area contributed by atoms with E-state index in [0.29, 0.717) is 25.0 Å². The number of ether oxygens (including phenoxy) is 2. The van der Waals surface area contributed by atoms with Crippen molar-refractivity contribution in [2.45, 2.75) is 27.7 Å². The molecule has 5 heteroatoms. The van der Waals surface area contributed by atoms with Gasteiger partial charge in [0.05, 0.1) is 26.3 Å². The molecule has 0 aromatic heterocycles. The Kier molecular flexibility index (Phi) is 8.40. The second-order valence-corrected chi connectivity index (χ2v) is 4.76. The molecule has 0 saturated carbocycles. The van der Waals surface area contributed by atoms with E-state index >= 15 is 0 Å². The summed E-state index contributed by atoms with van der Waals surface area (Å²) in [5.41, 5.74) is 0. The van der Waals surface area contributed by atoms with Crippen molar-refractivity contribution in [3.8, 4) is 0 Å². The fourth-order valence-corrected chi connectivity index (χ4v) is 0.888. The molecule has 0 amide bonds. The Morgan fingerprint density at radius 1 is 0.882 bits per heavy atom. The zero-order valence-corrected chi connectivity index (χ0v) is 11.1. The number of hydrogen-bond acceptors (Lipinski definition) is 5. The molecule has 0 unspecified atom stereocenters. The van der Waals surface area contributed by atoms with Gasteiger partial charge >= 0.3 is 11.9 Å². The maximum atomic E-state index is 11.2. The van der Waals surface area contributed by atoms with Gasteiger partial charge in [-0.25, -0.2) is 0 Å². The van der Waals surface area contributed by atoms with Crippen molar-refractivity contribution in [3.63, 3.8) is 0 Å². The second-order valence-electron chi connectivity index (χ2n) is 4.76. The van der Waals surface area contributed by atoms with Crippen molar-refractivity contribution in [1.82, 2.24) is 5.32 Å². The first-order valence-electron chi connectivity index (χ1n) is 5.93. The van der Waals surface area contributed by atoms with E-state index in [4.69, 9.17) is 9.47 Å². The highest BCUT2D eigenvalue weighted by molar-refractivity contribution is 5.74. The van der Waals surface area contributed by atoms with Gasteiger partial charge in [0.15, 0.2) is 0 Å². The molecular weight excluding hydrogens is 222 g/mol. The molecule has 0 atom stereocenters. The van der Waals surface area contributed by atoms with Gasteiger partial charge in [0, 0.05) is 0 Å². The van der Waals surface area contributed by atoms with Gasteiger partial charge in [0.2, 0.25) is 0 Å². The lowest BCUT2D eigenvalue weighted by atomic mass is 10.2. The van der Waals surface area contributed by atoms with Crippen molar-refractivity contribution in [2.24, 2.45) is 11.8 Å². The van der Waals surface area contributed by atoms with Crippen molar-refractivity contribution >= 4 is 11.9 Å². The molecule has 0 rings (SSSR count). The Balaban J connectivity index is 3.49. The van der Waals surface area contributed by atoms with Gasteiger partial charge < -0.3 is 9.47 Å². The Morgan fingerprint density at radius 3 is 1.53 bits per heavy atom. The zero-order chi connectivity index (χ0) is 13.3. The molecule has 0 aliphatic rings. The average Bonchev–Trinajstić information content (AvgIpc) is 2.23. The highest BCUT2D eigenvalue weighted by Gasteiger charge is 2.07. The lowest BCUT2D eigenvalue weighted by Gasteiger charge is -2.09. The summed E-state index contributed by atoms with van der Waals surface area (Å²) in [4.78, 5) is 22.3. The van der Waals surface area contributed by atoms with Gasteiger partial charge in [-0.3, -0.25) is 14.9 Å². The van der Waals surface area contributed by atoms with Crippen LogP contribution in [0.3, 0.4) is 0 Å². The lowest BCUT2D eigenvalue weighted by Crippen LogP contribution is -2.31. The molecule has 0 aliphatic carbocycles. The Hall–Kier alpha value is -1.10. The summed E-state index contributed by atoms with van der Waals surface area (Å²) in [6.07, 6.45) is 0. The number of hydrogen-bond donors (Lipinski definition) is 1. The van der Waals surface area contributed by atoms with Gasteiger partial charge in [0.1, 0.15) is 0 Å². The van der Waals surface area contributed by atoms with E-state index < -0.39 is 0 Å². The zero-order valence-electron chi connectivity index (χ0n) is 11.1. The summed E-state index contributed by atoms with van der Waals surface area (Å²) in [5, 5.41) is 2.68. The lowest BCUT2D eigenvalue weighted by molar-refractivity contribution is -0.145. The summed E-state index contributed by atoms with van der Waals surface area (Å²) in [6.45, 7) is 8.71. The largest absolute Gasteiger partial charge is 0.464 e. The molecule has 100 valence electrons. The van der Waals surface area contributed by atoms with Gasteiger partial charge in [-0.2, -0.15) is 0 Å². The van der Waals surface area contributed by atoms with Crippen molar-refractivity contribution in [3.05, 3.63) is 0 Å². The minimum Gasteiger partial charge on any atom is -0.464 e. The Bertz CT molecular complexity index is 215. The van der Waals surface area contributed by atoms with E-state index in [1.54, 1.807) is 0 Å². The van der Waals surface area contributed by atoms with Gasteiger partial charge in [-0.15, -0.1) is 0 Å². The molecule has 0 heterocycles. The van der Waals surface area contributed by atoms with Crippen molar-refractivity contribution in [1.29, 1.82) is 0 Å². The van der Waals surface area contributed by atoms with E-state index in [0.717, 1.165) is 0 Å². The molecule has 0 aromatic rings. The summed E-state index contributed by atoms with van der Waals surface area (Å²) in [5.74, 6) is -0.0735. The third-order valence-corrected chi connectivity index (χ3v) is 1.69. The third kappa shape index (κ3) is 11.2. The molecule has 1 N–H and O–H groups in total. The minimum absolute atomic E-state index is 0.0312. The van der Waals surface area contributed by atoms with E-state index in [1.807, 2.05) is 27.7 Å². The molecule has 0 aliphatic heterocycles. The second kappa shape index (κ2) is 8.98. The summed E-state index contributed by atoms with van der Waals surface area (Å²) < 4.78 is 9.86. The van der Waals surface area contributed by atoms with Crippen LogP contribution in [0.1, 0.15) is 27.7 Å². The van der Waals surface area contributed by atoms with Crippen molar-refractivity contribution in [2.75, 3.05) is 26.3 Å². The van der Waals surface area contributed by atoms with Crippen molar-refractivity contribution < 1.29 is 19.1 Å². The molecule has 0 spiro atoms. The van der Waals surface area contributed by atoms with Gasteiger partial charge in [-0.05, 0) is 11.8 Å². The highest BCUT2D eigenvalue weighted by Crippen LogP contribution is 1.93. The normalized spacial score (nSPS) is 10.7. The first-order valence-corrected chi connectivity index (χ1v) is 5.93. The topological polar surface area (TPSA) is 64.6 Å². The standard InChI is InChI=1S/C12H23NO4/c1-9(2)7-16-11(14)5-13-6-12(15)17-8-10(3)4/h9-10,13H,5-8H2,1-4H3. The number of nitrogens with one attached hydrogen (secondary N) is 1. The van der Waals surface area contributed by atoms with E-state index in [1.165, 1.54) is 0 Å². The maximum absolute atomic E-state index is 11.2. The monoisotopic (exact) mass is 245 g/mol. The van der Waals surface area contributed by atoms with Crippen LogP contribution < -0.4 is 5.32 Å². The number of rotatable bonds is 8. The van der Waals surface area contributed by atoms with Crippen LogP contribution in [0.15, 0.2) is 0 Å². The quantitative estimate of drug-likeness (QED) is 0.646. The van der Waals surface area contributed by atoms with Gasteiger partial charge in [0.25, 0.3) is 0 Å². The number of carbonyl (C=O) groups excluding carboxylic acids is 2. The van der Waals surface area contributed by atoms with Gasteiger partial charge in [-0.1, -0.05) is 27.7 Å². The van der Waals surface area contributed by atoms with E-state index in [9.17, 15) is 9.59 Å². The van der Waals surface area contributed by atoms with Crippen LogP contribution in [0.25, 0.3) is 0 Å². The fourth-order valence-electron chi connectivity index (χ4n) is 0.888. The Labute approximate surface area is 103 Å². The number of carbonyl (C=O) groups is 2. The van der Waals surface area contributed by atoms with Crippen LogP contribution in [0, 0.1) is 11.8 Å². The predicted molar refractivity (Wildman–Crippen MR) is 64.5 cm³/mol. The summed E-state index contributed by atoms with van der Waals surface area (Å²) in [6, 6.07) is 0. The van der Waals surface area contributed by atoms with Crippen LogP contribution in [-0.4, -0.2) is 38.2 Å². The first-order chi connectivity index (χ1) is 7.91. The van der Waals surface area contributed by atoms with Crippen LogP contribution in [0.5, 0.6) is 0 Å². The molecule has 0 aromatic carbocycles. The molecule has 0 bridgehead atoms. The van der Waals surface area contributed by atoms with Crippen LogP contribution in [-0.2, 0) is 19.1 Å². The fraction of sp³-hybridized carbons (Fsp3) is 0.833. The molecule has 5 nitrogen and oxygen atoms in total. The van der Waals surface area contributed by atoms with Crippen LogP contribution in [0.2, 0.25) is 0 Å². The molecule has 0 radical (unpaired) electrons. The SMILES string of the molecule is CC(C)COC(=O)CNCC(=O)OCC(C)C. The molecular formula is C12H23NO4.